The quantitative estimate of drug-likeness (QED) is 0.857. The van der Waals surface area contributed by atoms with E-state index in [0.29, 0.717) is 19.6 Å². The van der Waals surface area contributed by atoms with E-state index in [0.717, 1.165) is 12.8 Å². The van der Waals surface area contributed by atoms with Gasteiger partial charge in [0.15, 0.2) is 0 Å². The molecule has 0 unspecified atom stereocenters. The molecule has 23 heavy (non-hydrogen) atoms. The molecule has 7 nitrogen and oxygen atoms in total. The molecule has 3 heterocycles. The zero-order chi connectivity index (χ0) is 16.6. The number of piperidine rings is 1. The van der Waals surface area contributed by atoms with E-state index in [9.17, 15) is 14.7 Å². The van der Waals surface area contributed by atoms with Gasteiger partial charge in [-0.25, -0.2) is 4.98 Å². The van der Waals surface area contributed by atoms with Crippen LogP contribution in [0.1, 0.15) is 26.7 Å². The summed E-state index contributed by atoms with van der Waals surface area (Å²) >= 11 is 0. The first-order valence-corrected chi connectivity index (χ1v) is 8.09. The van der Waals surface area contributed by atoms with E-state index in [2.05, 4.69) is 4.98 Å². The number of fused-ring (bicyclic) bond motifs is 1. The van der Waals surface area contributed by atoms with Gasteiger partial charge < -0.3 is 19.5 Å². The summed E-state index contributed by atoms with van der Waals surface area (Å²) in [6.07, 6.45) is 6.59. The molecule has 3 rings (SSSR count). The van der Waals surface area contributed by atoms with Crippen molar-refractivity contribution < 1.29 is 14.7 Å². The second-order valence-corrected chi connectivity index (χ2v) is 6.94. The molecule has 2 amide bonds. The van der Waals surface area contributed by atoms with Gasteiger partial charge in [-0.3, -0.25) is 9.59 Å². The monoisotopic (exact) mass is 320 g/mol. The van der Waals surface area contributed by atoms with Gasteiger partial charge in [-0.05, 0) is 25.7 Å². The Morgan fingerprint density at radius 3 is 2.83 bits per heavy atom. The third-order valence-corrected chi connectivity index (χ3v) is 5.22. The Morgan fingerprint density at radius 1 is 1.43 bits per heavy atom. The number of nitrogens with zero attached hydrogens (tertiary/aromatic N) is 4. The first-order valence-electron chi connectivity index (χ1n) is 8.09. The third kappa shape index (κ3) is 2.85. The predicted octanol–water partition coefficient (Wildman–Crippen LogP) is 0.103. The minimum absolute atomic E-state index is 0.00671. The number of carbonyl (C=O) groups is 2. The van der Waals surface area contributed by atoms with Crippen molar-refractivity contribution in [2.45, 2.75) is 44.8 Å². The zero-order valence-corrected chi connectivity index (χ0v) is 13.7. The maximum Gasteiger partial charge on any atom is 0.242 e. The smallest absolute Gasteiger partial charge is 0.242 e. The SMILES string of the molecule is CC(=O)N1[C@H]2CCN(C(=O)Cn3ccnc3)C[C@@H]2C[C@]1(C)CO. The Kier molecular flexibility index (Phi) is 4.14. The minimum atomic E-state index is -0.509. The van der Waals surface area contributed by atoms with Gasteiger partial charge in [0.1, 0.15) is 6.54 Å². The number of aliphatic hydroxyl groups excluding tert-OH is 1. The molecule has 0 aliphatic carbocycles. The van der Waals surface area contributed by atoms with Crippen molar-refractivity contribution >= 4 is 11.8 Å². The molecule has 1 aromatic heterocycles. The summed E-state index contributed by atoms with van der Waals surface area (Å²) in [6, 6.07) is 0.127. The Balaban J connectivity index is 1.69. The molecule has 0 spiro atoms. The van der Waals surface area contributed by atoms with Crippen LogP contribution in [0.2, 0.25) is 0 Å². The maximum absolute atomic E-state index is 12.4. The fourth-order valence-electron chi connectivity index (χ4n) is 4.24. The number of rotatable bonds is 3. The molecule has 1 N–H and O–H groups in total. The Labute approximate surface area is 135 Å². The highest BCUT2D eigenvalue weighted by molar-refractivity contribution is 5.77. The zero-order valence-electron chi connectivity index (χ0n) is 13.7. The van der Waals surface area contributed by atoms with Crippen molar-refractivity contribution in [1.82, 2.24) is 19.4 Å². The van der Waals surface area contributed by atoms with Gasteiger partial charge in [-0.15, -0.1) is 0 Å². The van der Waals surface area contributed by atoms with Gasteiger partial charge in [0.05, 0.1) is 18.5 Å². The highest BCUT2D eigenvalue weighted by atomic mass is 16.3. The molecule has 126 valence electrons. The van der Waals surface area contributed by atoms with Crippen molar-refractivity contribution in [2.24, 2.45) is 5.92 Å². The highest BCUT2D eigenvalue weighted by Gasteiger charge is 2.51. The van der Waals surface area contributed by atoms with Crippen molar-refractivity contribution in [1.29, 1.82) is 0 Å². The molecular formula is C16H24N4O3. The van der Waals surface area contributed by atoms with Crippen molar-refractivity contribution in [3.63, 3.8) is 0 Å². The van der Waals surface area contributed by atoms with Crippen LogP contribution in [-0.2, 0) is 16.1 Å². The van der Waals surface area contributed by atoms with Crippen molar-refractivity contribution in [3.05, 3.63) is 18.7 Å². The molecule has 0 radical (unpaired) electrons. The molecule has 0 aromatic carbocycles. The highest BCUT2D eigenvalue weighted by Crippen LogP contribution is 2.41. The molecule has 2 fully saturated rings. The Bertz CT molecular complexity index is 588. The number of aromatic nitrogens is 2. The topological polar surface area (TPSA) is 78.7 Å². The average molecular weight is 320 g/mol. The molecular weight excluding hydrogens is 296 g/mol. The molecule has 1 aromatic rings. The maximum atomic E-state index is 12.4. The molecule has 3 atom stereocenters. The third-order valence-electron chi connectivity index (χ3n) is 5.22. The van der Waals surface area contributed by atoms with Crippen LogP contribution in [0.5, 0.6) is 0 Å². The summed E-state index contributed by atoms with van der Waals surface area (Å²) in [4.78, 5) is 32.1. The number of hydrogen-bond donors (Lipinski definition) is 1. The van der Waals surface area contributed by atoms with Gasteiger partial charge in [-0.1, -0.05) is 0 Å². The molecule has 0 bridgehead atoms. The van der Waals surface area contributed by atoms with Crippen LogP contribution in [0.15, 0.2) is 18.7 Å². The summed E-state index contributed by atoms with van der Waals surface area (Å²) in [5, 5.41) is 9.75. The summed E-state index contributed by atoms with van der Waals surface area (Å²) in [5.74, 6) is 0.317. The van der Waals surface area contributed by atoms with Gasteiger partial charge >= 0.3 is 0 Å². The fourth-order valence-corrected chi connectivity index (χ4v) is 4.24. The van der Waals surface area contributed by atoms with Crippen LogP contribution in [-0.4, -0.2) is 67.5 Å². The summed E-state index contributed by atoms with van der Waals surface area (Å²) < 4.78 is 1.77. The minimum Gasteiger partial charge on any atom is -0.394 e. The lowest BCUT2D eigenvalue weighted by Crippen LogP contribution is -2.53. The lowest BCUT2D eigenvalue weighted by molar-refractivity contribution is -0.138. The van der Waals surface area contributed by atoms with Crippen LogP contribution in [0.25, 0.3) is 0 Å². The van der Waals surface area contributed by atoms with E-state index in [-0.39, 0.29) is 30.4 Å². The van der Waals surface area contributed by atoms with E-state index >= 15 is 0 Å². The van der Waals surface area contributed by atoms with Gasteiger partial charge in [0.2, 0.25) is 11.8 Å². The molecule has 2 aliphatic rings. The van der Waals surface area contributed by atoms with Crippen LogP contribution in [0, 0.1) is 5.92 Å². The average Bonchev–Trinajstić information content (AvgIpc) is 3.11. The van der Waals surface area contributed by atoms with Crippen molar-refractivity contribution in [2.75, 3.05) is 19.7 Å². The fraction of sp³-hybridized carbons (Fsp3) is 0.688. The Morgan fingerprint density at radius 2 is 2.22 bits per heavy atom. The first-order chi connectivity index (χ1) is 10.9. The molecule has 7 heteroatoms. The standard InChI is InChI=1S/C16H24N4O3/c1-12(22)20-14-3-5-19(8-13(14)7-16(20,2)10-21)15(23)9-18-6-4-17-11-18/h4,6,11,13-14,21H,3,5,7-10H2,1-2H3/t13-,14-,16+/m0/s1. The second-order valence-electron chi connectivity index (χ2n) is 6.94. The summed E-state index contributed by atoms with van der Waals surface area (Å²) in [7, 11) is 0. The van der Waals surface area contributed by atoms with Crippen LogP contribution >= 0.6 is 0 Å². The van der Waals surface area contributed by atoms with Crippen LogP contribution in [0.4, 0.5) is 0 Å². The number of likely N-dealkylation sites (tertiary alicyclic amines) is 2. The largest absolute Gasteiger partial charge is 0.394 e. The first kappa shape index (κ1) is 16.0. The summed E-state index contributed by atoms with van der Waals surface area (Å²) in [6.45, 7) is 5.06. The van der Waals surface area contributed by atoms with E-state index in [1.807, 2.05) is 16.7 Å². The molecule has 0 saturated carbocycles. The van der Waals surface area contributed by atoms with Gasteiger partial charge in [0.25, 0.3) is 0 Å². The number of hydrogen-bond acceptors (Lipinski definition) is 4. The predicted molar refractivity (Wildman–Crippen MR) is 83.3 cm³/mol. The number of carbonyl (C=O) groups excluding carboxylic acids is 2. The van der Waals surface area contributed by atoms with E-state index in [1.54, 1.807) is 30.2 Å². The van der Waals surface area contributed by atoms with Gasteiger partial charge in [-0.2, -0.15) is 0 Å². The lowest BCUT2D eigenvalue weighted by atomic mass is 9.89. The normalized spacial score (nSPS) is 30.4. The Hall–Kier alpha value is -1.89. The van der Waals surface area contributed by atoms with Crippen LogP contribution in [0.3, 0.4) is 0 Å². The van der Waals surface area contributed by atoms with Gasteiger partial charge in [0, 0.05) is 38.4 Å². The van der Waals surface area contributed by atoms with E-state index in [1.165, 1.54) is 0 Å². The number of imidazole rings is 1. The van der Waals surface area contributed by atoms with E-state index < -0.39 is 5.54 Å². The van der Waals surface area contributed by atoms with E-state index in [4.69, 9.17) is 0 Å². The number of amides is 2. The molecule has 2 aliphatic heterocycles. The molecule has 2 saturated heterocycles. The van der Waals surface area contributed by atoms with Crippen LogP contribution < -0.4 is 0 Å². The number of aliphatic hydroxyl groups is 1. The van der Waals surface area contributed by atoms with Crippen molar-refractivity contribution in [3.8, 4) is 0 Å². The summed E-state index contributed by atoms with van der Waals surface area (Å²) in [5.41, 5.74) is -0.509. The lowest BCUT2D eigenvalue weighted by Gasteiger charge is -2.40. The second kappa shape index (κ2) is 5.96.